The molecule has 11 heteroatoms. The van der Waals surface area contributed by atoms with E-state index in [9.17, 15) is 19.2 Å². The molecule has 4 aliphatic rings. The molecule has 0 saturated carbocycles. The number of anilines is 2. The van der Waals surface area contributed by atoms with Crippen LogP contribution in [0.4, 0.5) is 11.4 Å². The third kappa shape index (κ3) is 9.14. The van der Waals surface area contributed by atoms with Crippen molar-refractivity contribution >= 4 is 35.0 Å². The number of nitrogens with zero attached hydrogens (tertiary/aromatic N) is 4. The standard InChI is InChI=1S/C46H57N7O4/c1-47-45(57)46(22-28-52-26-19-33(20-27-52)44(56)51(2)3)21-10-13-35(31-46)43(55)50-40-17-16-36(53-24-7-4-8-25-53)30-38(40)41-29-34(18-23-48-41)42(54)49-39-15-9-12-32-11-5-6-14-37(32)39/h5-6,10-11,13-14,16-18,21,23,29-30,33,39H,4,7-9,12,15,19-20,22,24-28,31H2,1-3H3,(H,47,57)(H,49,54)(H,50,55). The summed E-state index contributed by atoms with van der Waals surface area (Å²) in [6.45, 7) is 4.18. The summed E-state index contributed by atoms with van der Waals surface area (Å²) >= 11 is 0. The predicted molar refractivity (Wildman–Crippen MR) is 225 cm³/mol. The van der Waals surface area contributed by atoms with Crippen LogP contribution in [0, 0.1) is 11.3 Å². The molecule has 2 aromatic carbocycles. The summed E-state index contributed by atoms with van der Waals surface area (Å²) in [7, 11) is 5.24. The van der Waals surface area contributed by atoms with Crippen molar-refractivity contribution in [3.63, 3.8) is 0 Å². The van der Waals surface area contributed by atoms with Gasteiger partial charge in [0.15, 0.2) is 0 Å². The molecule has 2 atom stereocenters. The zero-order valence-corrected chi connectivity index (χ0v) is 33.7. The topological polar surface area (TPSA) is 127 Å². The maximum Gasteiger partial charge on any atom is 0.251 e. The maximum atomic E-state index is 14.2. The van der Waals surface area contributed by atoms with E-state index in [0.717, 1.165) is 82.4 Å². The first-order chi connectivity index (χ1) is 27.6. The van der Waals surface area contributed by atoms with Crippen LogP contribution in [0.15, 0.2) is 84.6 Å². The summed E-state index contributed by atoms with van der Waals surface area (Å²) in [5.74, 6) is -0.364. The number of carbonyl (C=O) groups excluding carboxylic acids is 4. The lowest BCUT2D eigenvalue weighted by molar-refractivity contribution is -0.134. The van der Waals surface area contributed by atoms with E-state index in [2.05, 4.69) is 50.0 Å². The third-order valence-corrected chi connectivity index (χ3v) is 12.4. The van der Waals surface area contributed by atoms with Crippen molar-refractivity contribution in [2.75, 3.05) is 64.1 Å². The Hall–Kier alpha value is -5.29. The number of pyridine rings is 1. The van der Waals surface area contributed by atoms with Gasteiger partial charge < -0.3 is 30.7 Å². The van der Waals surface area contributed by atoms with Gasteiger partial charge in [0.05, 0.1) is 22.8 Å². The van der Waals surface area contributed by atoms with Crippen molar-refractivity contribution in [1.29, 1.82) is 0 Å². The number of rotatable bonds is 11. The van der Waals surface area contributed by atoms with Gasteiger partial charge in [0.2, 0.25) is 11.8 Å². The average Bonchev–Trinajstić information content (AvgIpc) is 3.26. The van der Waals surface area contributed by atoms with Crippen molar-refractivity contribution in [3.8, 4) is 11.3 Å². The van der Waals surface area contributed by atoms with Crippen molar-refractivity contribution in [1.82, 2.24) is 25.4 Å². The number of nitrogens with one attached hydrogen (secondary N) is 3. The molecule has 2 saturated heterocycles. The molecule has 3 N–H and O–H groups in total. The van der Waals surface area contributed by atoms with E-state index < -0.39 is 5.41 Å². The molecule has 300 valence electrons. The normalized spacial score (nSPS) is 21.2. The Morgan fingerprint density at radius 1 is 0.895 bits per heavy atom. The Morgan fingerprint density at radius 3 is 2.46 bits per heavy atom. The van der Waals surface area contributed by atoms with Gasteiger partial charge in [-0.1, -0.05) is 42.5 Å². The molecule has 2 aliphatic carbocycles. The van der Waals surface area contributed by atoms with Crippen LogP contribution in [0.5, 0.6) is 0 Å². The average molecular weight is 772 g/mol. The molecule has 4 amide bonds. The first-order valence-corrected chi connectivity index (χ1v) is 20.7. The molecule has 0 radical (unpaired) electrons. The molecule has 7 rings (SSSR count). The van der Waals surface area contributed by atoms with Gasteiger partial charge in [-0.05, 0) is 125 Å². The summed E-state index contributed by atoms with van der Waals surface area (Å²) in [6, 6.07) is 17.9. The van der Waals surface area contributed by atoms with E-state index in [1.807, 2.05) is 36.4 Å². The van der Waals surface area contributed by atoms with Gasteiger partial charge >= 0.3 is 0 Å². The molecular weight excluding hydrogens is 715 g/mol. The molecule has 11 nitrogen and oxygen atoms in total. The minimum Gasteiger partial charge on any atom is -0.372 e. The van der Waals surface area contributed by atoms with E-state index in [4.69, 9.17) is 4.98 Å². The summed E-state index contributed by atoms with van der Waals surface area (Å²) in [5, 5.41) is 9.31. The lowest BCUT2D eigenvalue weighted by atomic mass is 9.74. The van der Waals surface area contributed by atoms with E-state index in [0.29, 0.717) is 35.5 Å². The van der Waals surface area contributed by atoms with Gasteiger partial charge in [0.1, 0.15) is 0 Å². The van der Waals surface area contributed by atoms with Crippen LogP contribution in [-0.2, 0) is 20.8 Å². The predicted octanol–water partition coefficient (Wildman–Crippen LogP) is 6.29. The molecule has 1 aromatic heterocycles. The quantitative estimate of drug-likeness (QED) is 0.209. The number of fused-ring (bicyclic) bond motifs is 1. The summed E-state index contributed by atoms with van der Waals surface area (Å²) in [6.07, 6.45) is 16.0. The van der Waals surface area contributed by atoms with Crippen LogP contribution in [0.3, 0.4) is 0 Å². The smallest absolute Gasteiger partial charge is 0.251 e. The van der Waals surface area contributed by atoms with Crippen molar-refractivity contribution < 1.29 is 19.2 Å². The highest BCUT2D eigenvalue weighted by Crippen LogP contribution is 2.39. The zero-order chi connectivity index (χ0) is 39.9. The van der Waals surface area contributed by atoms with Gasteiger partial charge in [0, 0.05) is 68.7 Å². The first kappa shape index (κ1) is 39.9. The number of carbonyl (C=O) groups is 4. The van der Waals surface area contributed by atoms with E-state index in [1.54, 1.807) is 44.4 Å². The summed E-state index contributed by atoms with van der Waals surface area (Å²) in [5.41, 5.74) is 5.54. The Balaban J connectivity index is 1.09. The van der Waals surface area contributed by atoms with Crippen LogP contribution in [0.2, 0.25) is 0 Å². The number of allylic oxidation sites excluding steroid dienone is 2. The van der Waals surface area contributed by atoms with Gasteiger partial charge in [-0.3, -0.25) is 24.2 Å². The zero-order valence-electron chi connectivity index (χ0n) is 33.7. The van der Waals surface area contributed by atoms with Gasteiger partial charge in [-0.15, -0.1) is 0 Å². The number of piperidine rings is 2. The molecule has 0 bridgehead atoms. The highest BCUT2D eigenvalue weighted by atomic mass is 16.2. The van der Waals surface area contributed by atoms with Crippen LogP contribution < -0.4 is 20.9 Å². The molecule has 3 heterocycles. The number of benzene rings is 2. The van der Waals surface area contributed by atoms with E-state index in [-0.39, 0.29) is 42.0 Å². The van der Waals surface area contributed by atoms with E-state index in [1.165, 1.54) is 17.5 Å². The van der Waals surface area contributed by atoms with Gasteiger partial charge in [-0.25, -0.2) is 0 Å². The molecular formula is C46H57N7O4. The largest absolute Gasteiger partial charge is 0.372 e. The van der Waals surface area contributed by atoms with Gasteiger partial charge in [0.25, 0.3) is 11.8 Å². The number of aromatic nitrogens is 1. The van der Waals surface area contributed by atoms with Crippen molar-refractivity contribution in [3.05, 3.63) is 101 Å². The van der Waals surface area contributed by atoms with E-state index >= 15 is 0 Å². The molecule has 57 heavy (non-hydrogen) atoms. The van der Waals surface area contributed by atoms with Crippen LogP contribution in [0.25, 0.3) is 11.3 Å². The lowest BCUT2D eigenvalue weighted by Gasteiger charge is -2.36. The fourth-order valence-corrected chi connectivity index (χ4v) is 9.05. The highest BCUT2D eigenvalue weighted by Gasteiger charge is 2.39. The molecule has 0 spiro atoms. The number of amides is 4. The van der Waals surface area contributed by atoms with Crippen LogP contribution >= 0.6 is 0 Å². The minimum atomic E-state index is -0.893. The molecule has 2 fully saturated rings. The molecule has 2 aliphatic heterocycles. The summed E-state index contributed by atoms with van der Waals surface area (Å²) in [4.78, 5) is 65.2. The SMILES string of the molecule is CNC(=O)C1(CCN2CCC(C(=O)N(C)C)CC2)C=CC=C(C(=O)Nc2ccc(N3CCCCC3)cc2-c2cc(C(=O)NC3CCCc4ccccc43)ccn2)C1. The number of likely N-dealkylation sites (tertiary alicyclic amines) is 1. The first-order valence-electron chi connectivity index (χ1n) is 20.7. The van der Waals surface area contributed by atoms with Gasteiger partial charge in [-0.2, -0.15) is 0 Å². The van der Waals surface area contributed by atoms with Crippen LogP contribution in [0.1, 0.15) is 85.3 Å². The van der Waals surface area contributed by atoms with Crippen LogP contribution in [-0.4, -0.2) is 92.3 Å². The Kier molecular flexibility index (Phi) is 12.5. The van der Waals surface area contributed by atoms with Crippen molar-refractivity contribution in [2.24, 2.45) is 11.3 Å². The molecule has 2 unspecified atom stereocenters. The number of hydrogen-bond donors (Lipinski definition) is 3. The minimum absolute atomic E-state index is 0.0327. The fourth-order valence-electron chi connectivity index (χ4n) is 9.05. The second-order valence-corrected chi connectivity index (χ2v) is 16.3. The highest BCUT2D eigenvalue weighted by molar-refractivity contribution is 6.07. The Morgan fingerprint density at radius 2 is 1.68 bits per heavy atom. The maximum absolute atomic E-state index is 14.2. The number of aryl methyl sites for hydroxylation is 1. The lowest BCUT2D eigenvalue weighted by Crippen LogP contribution is -2.45. The second-order valence-electron chi connectivity index (χ2n) is 16.3. The van der Waals surface area contributed by atoms with Crippen molar-refractivity contribution in [2.45, 2.75) is 70.3 Å². The Labute approximate surface area is 337 Å². The second kappa shape index (κ2) is 17.9. The fraction of sp³-hybridized carbons (Fsp3) is 0.457. The third-order valence-electron chi connectivity index (χ3n) is 12.4. The number of hydrogen-bond acceptors (Lipinski definition) is 7. The molecule has 3 aromatic rings. The monoisotopic (exact) mass is 771 g/mol. The Bertz CT molecular complexity index is 2030. The summed E-state index contributed by atoms with van der Waals surface area (Å²) < 4.78 is 0.